The Hall–Kier alpha value is -1.85. The van der Waals surface area contributed by atoms with Gasteiger partial charge in [-0.25, -0.2) is 9.07 Å². The first-order valence-electron chi connectivity index (χ1n) is 6.48. The van der Waals surface area contributed by atoms with Crippen LogP contribution in [0.25, 0.3) is 0 Å². The van der Waals surface area contributed by atoms with Crippen LogP contribution in [0, 0.1) is 6.92 Å². The highest BCUT2D eigenvalue weighted by Gasteiger charge is 2.09. The van der Waals surface area contributed by atoms with E-state index in [9.17, 15) is 4.39 Å². The minimum atomic E-state index is -0.417. The van der Waals surface area contributed by atoms with Crippen molar-refractivity contribution in [2.75, 3.05) is 12.0 Å². The number of halogens is 1. The van der Waals surface area contributed by atoms with Crippen LogP contribution in [0.4, 0.5) is 10.2 Å². The lowest BCUT2D eigenvalue weighted by molar-refractivity contribution is 0.429. The lowest BCUT2D eigenvalue weighted by atomic mass is 10.3. The van der Waals surface area contributed by atoms with E-state index in [2.05, 4.69) is 29.4 Å². The molecular formula is C13H20FN5. The van der Waals surface area contributed by atoms with Gasteiger partial charge in [-0.15, -0.1) is 0 Å². The van der Waals surface area contributed by atoms with E-state index in [0.29, 0.717) is 12.6 Å². The lowest BCUT2D eigenvalue weighted by Crippen LogP contribution is -2.14. The van der Waals surface area contributed by atoms with Crippen LogP contribution in [0.1, 0.15) is 31.1 Å². The van der Waals surface area contributed by atoms with Crippen molar-refractivity contribution in [2.24, 2.45) is 0 Å². The van der Waals surface area contributed by atoms with Crippen molar-refractivity contribution in [3.8, 4) is 0 Å². The molecule has 2 aromatic heterocycles. The Balaban J connectivity index is 2.10. The third-order valence-electron chi connectivity index (χ3n) is 3.00. The highest BCUT2D eigenvalue weighted by molar-refractivity contribution is 5.43. The van der Waals surface area contributed by atoms with Gasteiger partial charge in [-0.1, -0.05) is 0 Å². The van der Waals surface area contributed by atoms with Gasteiger partial charge in [-0.05, 0) is 26.8 Å². The smallest absolute Gasteiger partial charge is 0.127 e. The number of anilines is 1. The molecule has 0 radical (unpaired) electrons. The highest BCUT2D eigenvalue weighted by atomic mass is 19.1. The molecule has 0 aliphatic rings. The van der Waals surface area contributed by atoms with Crippen molar-refractivity contribution in [3.63, 3.8) is 0 Å². The molecule has 0 atom stereocenters. The molecule has 0 amide bonds. The van der Waals surface area contributed by atoms with Gasteiger partial charge in [-0.3, -0.25) is 4.68 Å². The second-order valence-electron chi connectivity index (χ2n) is 4.80. The zero-order valence-electron chi connectivity index (χ0n) is 11.6. The van der Waals surface area contributed by atoms with Crippen molar-refractivity contribution in [2.45, 2.75) is 39.9 Å². The number of hydrogen-bond donors (Lipinski definition) is 1. The van der Waals surface area contributed by atoms with Crippen LogP contribution in [-0.4, -0.2) is 26.2 Å². The topological polar surface area (TPSA) is 47.7 Å². The number of alkyl halides is 1. The first-order valence-corrected chi connectivity index (χ1v) is 6.48. The molecule has 2 heterocycles. The second-order valence-corrected chi connectivity index (χ2v) is 4.80. The van der Waals surface area contributed by atoms with E-state index in [-0.39, 0.29) is 6.54 Å². The SMILES string of the molecule is Cc1cnn(CCF)c1NCc1ccnn1C(C)C. The number of aryl methyl sites for hydroxylation is 2. The summed E-state index contributed by atoms with van der Waals surface area (Å²) in [6.07, 6.45) is 3.54. The highest BCUT2D eigenvalue weighted by Crippen LogP contribution is 2.16. The molecule has 0 saturated carbocycles. The van der Waals surface area contributed by atoms with Crippen LogP contribution in [0.5, 0.6) is 0 Å². The summed E-state index contributed by atoms with van der Waals surface area (Å²) < 4.78 is 16.1. The van der Waals surface area contributed by atoms with Crippen LogP contribution in [-0.2, 0) is 13.1 Å². The molecule has 0 bridgehead atoms. The summed E-state index contributed by atoms with van der Waals surface area (Å²) in [5.74, 6) is 0.870. The second kappa shape index (κ2) is 5.86. The van der Waals surface area contributed by atoms with Crippen molar-refractivity contribution in [1.82, 2.24) is 19.6 Å². The average molecular weight is 265 g/mol. The molecule has 1 N–H and O–H groups in total. The van der Waals surface area contributed by atoms with Crippen LogP contribution >= 0.6 is 0 Å². The molecule has 0 aliphatic carbocycles. The fraction of sp³-hybridized carbons (Fsp3) is 0.538. The Morgan fingerprint density at radius 1 is 1.37 bits per heavy atom. The molecule has 5 nitrogen and oxygen atoms in total. The van der Waals surface area contributed by atoms with Gasteiger partial charge in [0.1, 0.15) is 12.5 Å². The number of aromatic nitrogens is 4. The van der Waals surface area contributed by atoms with Crippen molar-refractivity contribution < 1.29 is 4.39 Å². The van der Waals surface area contributed by atoms with Gasteiger partial charge in [-0.2, -0.15) is 10.2 Å². The van der Waals surface area contributed by atoms with E-state index in [1.165, 1.54) is 0 Å². The number of nitrogens with zero attached hydrogens (tertiary/aromatic N) is 4. The molecule has 2 rings (SSSR count). The minimum absolute atomic E-state index is 0.277. The molecule has 0 fully saturated rings. The number of hydrogen-bond acceptors (Lipinski definition) is 3. The Kier molecular flexibility index (Phi) is 4.19. The molecule has 6 heteroatoms. The van der Waals surface area contributed by atoms with E-state index in [0.717, 1.165) is 17.1 Å². The molecule has 0 spiro atoms. The maximum absolute atomic E-state index is 12.4. The molecule has 2 aromatic rings. The van der Waals surface area contributed by atoms with E-state index < -0.39 is 6.67 Å². The normalized spacial score (nSPS) is 11.2. The molecule has 19 heavy (non-hydrogen) atoms. The zero-order valence-corrected chi connectivity index (χ0v) is 11.6. The molecular weight excluding hydrogens is 245 g/mol. The summed E-state index contributed by atoms with van der Waals surface area (Å²) >= 11 is 0. The van der Waals surface area contributed by atoms with Gasteiger partial charge in [0, 0.05) is 17.8 Å². The Labute approximate surface area is 112 Å². The summed E-state index contributed by atoms with van der Waals surface area (Å²) in [6.45, 7) is 6.66. The van der Waals surface area contributed by atoms with Gasteiger partial charge in [0.15, 0.2) is 0 Å². The maximum Gasteiger partial charge on any atom is 0.127 e. The molecule has 104 valence electrons. The summed E-state index contributed by atoms with van der Waals surface area (Å²) in [5.41, 5.74) is 2.12. The quantitative estimate of drug-likeness (QED) is 0.873. The molecule has 0 unspecified atom stereocenters. The summed E-state index contributed by atoms with van der Waals surface area (Å²) in [4.78, 5) is 0. The Morgan fingerprint density at radius 2 is 2.16 bits per heavy atom. The zero-order chi connectivity index (χ0) is 13.8. The van der Waals surface area contributed by atoms with Crippen LogP contribution in [0.2, 0.25) is 0 Å². The third kappa shape index (κ3) is 2.94. The number of nitrogens with one attached hydrogen (secondary N) is 1. The summed E-state index contributed by atoms with van der Waals surface area (Å²) in [7, 11) is 0. The Bertz CT molecular complexity index is 529. The predicted molar refractivity (Wildman–Crippen MR) is 72.9 cm³/mol. The first kappa shape index (κ1) is 13.6. The largest absolute Gasteiger partial charge is 0.364 e. The summed E-state index contributed by atoms with van der Waals surface area (Å²) in [5, 5.41) is 11.8. The van der Waals surface area contributed by atoms with E-state index in [1.54, 1.807) is 17.1 Å². The van der Waals surface area contributed by atoms with Gasteiger partial charge in [0.2, 0.25) is 0 Å². The predicted octanol–water partition coefficient (Wildman–Crippen LogP) is 2.55. The number of rotatable bonds is 6. The molecule has 0 aromatic carbocycles. The fourth-order valence-electron chi connectivity index (χ4n) is 2.08. The van der Waals surface area contributed by atoms with E-state index >= 15 is 0 Å². The maximum atomic E-state index is 12.4. The van der Waals surface area contributed by atoms with Crippen LogP contribution < -0.4 is 5.32 Å². The van der Waals surface area contributed by atoms with Crippen LogP contribution in [0.3, 0.4) is 0 Å². The minimum Gasteiger partial charge on any atom is -0.364 e. The summed E-state index contributed by atoms with van der Waals surface area (Å²) in [6, 6.07) is 2.31. The van der Waals surface area contributed by atoms with E-state index in [4.69, 9.17) is 0 Å². The third-order valence-corrected chi connectivity index (χ3v) is 3.00. The van der Waals surface area contributed by atoms with Crippen molar-refractivity contribution in [3.05, 3.63) is 29.7 Å². The average Bonchev–Trinajstić information content (AvgIpc) is 2.95. The van der Waals surface area contributed by atoms with Gasteiger partial charge in [0.05, 0.1) is 25.0 Å². The lowest BCUT2D eigenvalue weighted by Gasteiger charge is -2.13. The van der Waals surface area contributed by atoms with E-state index in [1.807, 2.05) is 17.7 Å². The monoisotopic (exact) mass is 265 g/mol. The molecule has 0 aliphatic heterocycles. The Morgan fingerprint density at radius 3 is 2.84 bits per heavy atom. The van der Waals surface area contributed by atoms with Crippen molar-refractivity contribution >= 4 is 5.82 Å². The standard InChI is InChI=1S/C13H20FN5/c1-10(2)19-12(4-6-16-19)9-15-13-11(3)8-17-18(13)7-5-14/h4,6,8,10,15H,5,7,9H2,1-3H3. The van der Waals surface area contributed by atoms with Gasteiger partial charge >= 0.3 is 0 Å². The molecule has 0 saturated heterocycles. The van der Waals surface area contributed by atoms with Crippen molar-refractivity contribution in [1.29, 1.82) is 0 Å². The first-order chi connectivity index (χ1) is 9.13. The van der Waals surface area contributed by atoms with Gasteiger partial charge in [0.25, 0.3) is 0 Å². The van der Waals surface area contributed by atoms with Crippen LogP contribution in [0.15, 0.2) is 18.5 Å². The fourth-order valence-corrected chi connectivity index (χ4v) is 2.08. The van der Waals surface area contributed by atoms with Gasteiger partial charge < -0.3 is 5.32 Å².